The van der Waals surface area contributed by atoms with Crippen molar-refractivity contribution >= 4 is 11.6 Å². The zero-order valence-corrected chi connectivity index (χ0v) is 16.2. The molecule has 4 aromatic rings. The Labute approximate surface area is 173 Å². The summed E-state index contributed by atoms with van der Waals surface area (Å²) in [5, 5.41) is 6.81. The second-order valence-electron chi connectivity index (χ2n) is 6.35. The molecule has 0 fully saturated rings. The molecule has 3 aromatic carbocycles. The van der Waals surface area contributed by atoms with Crippen molar-refractivity contribution in [1.29, 1.82) is 0 Å². The van der Waals surface area contributed by atoms with Crippen molar-refractivity contribution in [3.05, 3.63) is 78.9 Å². The smallest absolute Gasteiger partial charge is 0.262 e. The number of nitrogens with zero attached hydrogens (tertiary/aromatic N) is 2. The Balaban J connectivity index is 1.37. The number of hydrogen-bond acceptors (Lipinski definition) is 6. The van der Waals surface area contributed by atoms with Crippen molar-refractivity contribution in [2.24, 2.45) is 0 Å². The average Bonchev–Trinajstić information content (AvgIpc) is 3.29. The summed E-state index contributed by atoms with van der Waals surface area (Å²) in [6.45, 7) is -0.133. The van der Waals surface area contributed by atoms with Gasteiger partial charge in [0.05, 0.1) is 7.11 Å². The molecule has 0 atom stereocenters. The van der Waals surface area contributed by atoms with Gasteiger partial charge in [-0.05, 0) is 36.4 Å². The van der Waals surface area contributed by atoms with E-state index in [1.807, 2.05) is 42.5 Å². The molecule has 1 amide bonds. The van der Waals surface area contributed by atoms with Crippen molar-refractivity contribution in [2.45, 2.75) is 0 Å². The highest BCUT2D eigenvalue weighted by Gasteiger charge is 2.11. The SMILES string of the molecule is COc1ccccc1OCC(=O)Nc1ccc(-c2nc(-c3ccccc3)no2)cc1. The van der Waals surface area contributed by atoms with E-state index in [4.69, 9.17) is 14.0 Å². The van der Waals surface area contributed by atoms with Crippen molar-refractivity contribution in [2.75, 3.05) is 19.0 Å². The number of carbonyl (C=O) groups excluding carboxylic acids is 1. The molecule has 1 heterocycles. The number of nitrogens with one attached hydrogen (secondary N) is 1. The zero-order valence-electron chi connectivity index (χ0n) is 16.2. The largest absolute Gasteiger partial charge is 0.493 e. The highest BCUT2D eigenvalue weighted by atomic mass is 16.5. The van der Waals surface area contributed by atoms with Crippen LogP contribution in [0.5, 0.6) is 11.5 Å². The van der Waals surface area contributed by atoms with Crippen LogP contribution in [0.4, 0.5) is 5.69 Å². The summed E-state index contributed by atoms with van der Waals surface area (Å²) >= 11 is 0. The first-order chi connectivity index (χ1) is 14.7. The monoisotopic (exact) mass is 401 g/mol. The number of rotatable bonds is 7. The normalized spacial score (nSPS) is 10.4. The van der Waals surface area contributed by atoms with E-state index in [0.717, 1.165) is 11.1 Å². The van der Waals surface area contributed by atoms with E-state index in [9.17, 15) is 4.79 Å². The van der Waals surface area contributed by atoms with Gasteiger partial charge in [0.2, 0.25) is 5.82 Å². The second-order valence-corrected chi connectivity index (χ2v) is 6.35. The molecule has 0 aliphatic heterocycles. The number of hydrogen-bond donors (Lipinski definition) is 1. The second kappa shape index (κ2) is 8.91. The minimum absolute atomic E-state index is 0.133. The topological polar surface area (TPSA) is 86.5 Å². The lowest BCUT2D eigenvalue weighted by atomic mass is 10.2. The molecule has 1 N–H and O–H groups in total. The van der Waals surface area contributed by atoms with Crippen LogP contribution in [0, 0.1) is 0 Å². The van der Waals surface area contributed by atoms with Crippen molar-refractivity contribution in [1.82, 2.24) is 10.1 Å². The Bertz CT molecular complexity index is 1120. The number of amides is 1. The van der Waals surface area contributed by atoms with E-state index in [-0.39, 0.29) is 12.5 Å². The summed E-state index contributed by atoms with van der Waals surface area (Å²) in [5.74, 6) is 1.74. The third kappa shape index (κ3) is 4.47. The molecule has 7 nitrogen and oxygen atoms in total. The maximum absolute atomic E-state index is 12.2. The average molecular weight is 401 g/mol. The number of ether oxygens (including phenoxy) is 2. The van der Waals surface area contributed by atoms with E-state index in [0.29, 0.717) is 28.9 Å². The minimum Gasteiger partial charge on any atom is -0.493 e. The molecule has 0 unspecified atom stereocenters. The number of carbonyl (C=O) groups is 1. The predicted molar refractivity (Wildman–Crippen MR) is 112 cm³/mol. The van der Waals surface area contributed by atoms with Crippen molar-refractivity contribution in [3.8, 4) is 34.3 Å². The van der Waals surface area contributed by atoms with Gasteiger partial charge < -0.3 is 19.3 Å². The minimum atomic E-state index is -0.280. The van der Waals surface area contributed by atoms with Crippen LogP contribution in [0.1, 0.15) is 0 Å². The Morgan fingerprint density at radius 3 is 2.33 bits per heavy atom. The molecule has 0 bridgehead atoms. The first kappa shape index (κ1) is 19.2. The molecule has 0 spiro atoms. The molecule has 0 aliphatic carbocycles. The molecule has 0 saturated heterocycles. The van der Waals surface area contributed by atoms with Crippen LogP contribution in [-0.4, -0.2) is 29.8 Å². The highest BCUT2D eigenvalue weighted by molar-refractivity contribution is 5.92. The fraction of sp³-hybridized carbons (Fsp3) is 0.0870. The standard InChI is InChI=1S/C23H19N3O4/c1-28-19-9-5-6-10-20(19)29-15-21(27)24-18-13-11-17(12-14-18)23-25-22(26-30-23)16-7-3-2-4-8-16/h2-14H,15H2,1H3,(H,24,27). The zero-order chi connectivity index (χ0) is 20.8. The van der Waals surface area contributed by atoms with Crippen LogP contribution in [0.15, 0.2) is 83.4 Å². The van der Waals surface area contributed by atoms with E-state index < -0.39 is 0 Å². The van der Waals surface area contributed by atoms with E-state index in [1.54, 1.807) is 43.5 Å². The van der Waals surface area contributed by atoms with Crippen LogP contribution in [-0.2, 0) is 4.79 Å². The van der Waals surface area contributed by atoms with Gasteiger partial charge in [0.25, 0.3) is 11.8 Å². The summed E-state index contributed by atoms with van der Waals surface area (Å²) in [5.41, 5.74) is 2.27. The van der Waals surface area contributed by atoms with Gasteiger partial charge in [0, 0.05) is 16.8 Å². The van der Waals surface area contributed by atoms with Gasteiger partial charge in [0.15, 0.2) is 18.1 Å². The molecule has 0 saturated carbocycles. The van der Waals surface area contributed by atoms with Gasteiger partial charge in [-0.3, -0.25) is 4.79 Å². The lowest BCUT2D eigenvalue weighted by Crippen LogP contribution is -2.20. The maximum Gasteiger partial charge on any atom is 0.262 e. The molecule has 4 rings (SSSR count). The number of para-hydroxylation sites is 2. The van der Waals surface area contributed by atoms with E-state index in [2.05, 4.69) is 15.5 Å². The molecule has 150 valence electrons. The van der Waals surface area contributed by atoms with Crippen LogP contribution >= 0.6 is 0 Å². The predicted octanol–water partition coefficient (Wildman–Crippen LogP) is 4.43. The fourth-order valence-corrected chi connectivity index (χ4v) is 2.82. The number of aromatic nitrogens is 2. The lowest BCUT2D eigenvalue weighted by molar-refractivity contribution is -0.118. The highest BCUT2D eigenvalue weighted by Crippen LogP contribution is 2.26. The van der Waals surface area contributed by atoms with Crippen LogP contribution in [0.2, 0.25) is 0 Å². The first-order valence-corrected chi connectivity index (χ1v) is 9.28. The summed E-state index contributed by atoms with van der Waals surface area (Å²) in [7, 11) is 1.55. The van der Waals surface area contributed by atoms with Gasteiger partial charge in [-0.15, -0.1) is 0 Å². The van der Waals surface area contributed by atoms with Crippen molar-refractivity contribution < 1.29 is 18.8 Å². The summed E-state index contributed by atoms with van der Waals surface area (Å²) in [4.78, 5) is 16.6. The van der Waals surface area contributed by atoms with E-state index in [1.165, 1.54) is 0 Å². The molecular weight excluding hydrogens is 382 g/mol. The van der Waals surface area contributed by atoms with Crippen LogP contribution in [0.25, 0.3) is 22.8 Å². The van der Waals surface area contributed by atoms with Crippen LogP contribution in [0.3, 0.4) is 0 Å². The Morgan fingerprint density at radius 2 is 1.60 bits per heavy atom. The van der Waals surface area contributed by atoms with Gasteiger partial charge in [-0.25, -0.2) is 0 Å². The fourth-order valence-electron chi connectivity index (χ4n) is 2.82. The number of anilines is 1. The quantitative estimate of drug-likeness (QED) is 0.493. The Hall–Kier alpha value is -4.13. The summed E-state index contributed by atoms with van der Waals surface area (Å²) in [6, 6.07) is 23.9. The molecule has 7 heteroatoms. The van der Waals surface area contributed by atoms with Gasteiger partial charge >= 0.3 is 0 Å². The molecule has 30 heavy (non-hydrogen) atoms. The maximum atomic E-state index is 12.2. The van der Waals surface area contributed by atoms with Gasteiger partial charge in [-0.1, -0.05) is 47.6 Å². The Morgan fingerprint density at radius 1 is 0.900 bits per heavy atom. The van der Waals surface area contributed by atoms with Crippen LogP contribution < -0.4 is 14.8 Å². The third-order valence-corrected chi connectivity index (χ3v) is 4.30. The molecule has 0 radical (unpaired) electrons. The number of benzene rings is 3. The third-order valence-electron chi connectivity index (χ3n) is 4.30. The van der Waals surface area contributed by atoms with Gasteiger partial charge in [0.1, 0.15) is 0 Å². The first-order valence-electron chi connectivity index (χ1n) is 9.28. The van der Waals surface area contributed by atoms with Gasteiger partial charge in [-0.2, -0.15) is 4.98 Å². The van der Waals surface area contributed by atoms with E-state index >= 15 is 0 Å². The lowest BCUT2D eigenvalue weighted by Gasteiger charge is -2.10. The molecular formula is C23H19N3O4. The summed E-state index contributed by atoms with van der Waals surface area (Å²) < 4.78 is 16.1. The Kier molecular flexibility index (Phi) is 5.70. The molecule has 1 aromatic heterocycles. The number of methoxy groups -OCH3 is 1. The van der Waals surface area contributed by atoms with Crippen molar-refractivity contribution in [3.63, 3.8) is 0 Å². The molecule has 0 aliphatic rings. The summed E-state index contributed by atoms with van der Waals surface area (Å²) in [6.07, 6.45) is 0.